The van der Waals surface area contributed by atoms with Gasteiger partial charge >= 0.3 is 5.97 Å². The van der Waals surface area contributed by atoms with Crippen LogP contribution in [0.4, 0.5) is 4.39 Å². The van der Waals surface area contributed by atoms with E-state index in [1.165, 1.54) is 18.2 Å². The van der Waals surface area contributed by atoms with E-state index in [1.807, 2.05) is 0 Å². The molecule has 1 amide bonds. The lowest BCUT2D eigenvalue weighted by atomic mass is 9.99. The Labute approximate surface area is 117 Å². The van der Waals surface area contributed by atoms with Crippen molar-refractivity contribution in [3.63, 3.8) is 0 Å². The van der Waals surface area contributed by atoms with E-state index in [1.54, 1.807) is 13.0 Å². The van der Waals surface area contributed by atoms with Crippen molar-refractivity contribution in [3.05, 3.63) is 35.6 Å². The maximum atomic E-state index is 13.1. The molecule has 20 heavy (non-hydrogen) atoms. The molecule has 2 unspecified atom stereocenters. The summed E-state index contributed by atoms with van der Waals surface area (Å²) in [5.74, 6) is -1.98. The number of hydrogen-bond donors (Lipinski definition) is 2. The van der Waals surface area contributed by atoms with Crippen molar-refractivity contribution in [2.75, 3.05) is 0 Å². The highest BCUT2D eigenvalue weighted by Gasteiger charge is 2.31. The Balaban J connectivity index is 2.00. The first-order valence-corrected chi connectivity index (χ1v) is 6.76. The summed E-state index contributed by atoms with van der Waals surface area (Å²) < 4.78 is 13.1. The van der Waals surface area contributed by atoms with E-state index in [2.05, 4.69) is 5.32 Å². The predicted octanol–water partition coefficient (Wildman–Crippen LogP) is 2.30. The average molecular weight is 279 g/mol. The molecule has 1 aromatic carbocycles. The molecule has 1 aliphatic rings. The average Bonchev–Trinajstić information content (AvgIpc) is 3.20. The Morgan fingerprint density at radius 1 is 1.45 bits per heavy atom. The van der Waals surface area contributed by atoms with Gasteiger partial charge in [-0.1, -0.05) is 25.0 Å². The van der Waals surface area contributed by atoms with Crippen LogP contribution in [-0.2, 0) is 9.59 Å². The maximum absolute atomic E-state index is 13.1. The minimum absolute atomic E-state index is 0.386. The van der Waals surface area contributed by atoms with E-state index in [0.717, 1.165) is 12.8 Å². The standard InChI is InChI=1S/C15H18FNO3/c1-9(11-3-2-4-12(16)8-11)14(18)17-13(15(19)20)7-10-5-6-10/h2-4,8-10,13H,5-7H2,1H3,(H,17,18)(H,19,20). The van der Waals surface area contributed by atoms with Gasteiger partial charge in [-0.3, -0.25) is 4.79 Å². The maximum Gasteiger partial charge on any atom is 0.326 e. The lowest BCUT2D eigenvalue weighted by Gasteiger charge is -2.18. The van der Waals surface area contributed by atoms with E-state index >= 15 is 0 Å². The Morgan fingerprint density at radius 3 is 2.70 bits per heavy atom. The number of carboxylic acids is 1. The zero-order valence-electron chi connectivity index (χ0n) is 11.3. The Kier molecular flexibility index (Phi) is 4.37. The molecule has 2 rings (SSSR count). The summed E-state index contributed by atoms with van der Waals surface area (Å²) in [5, 5.41) is 11.7. The van der Waals surface area contributed by atoms with Gasteiger partial charge in [0.15, 0.2) is 0 Å². The van der Waals surface area contributed by atoms with Gasteiger partial charge in [-0.25, -0.2) is 9.18 Å². The minimum atomic E-state index is -1.02. The first-order chi connectivity index (χ1) is 9.47. The molecular weight excluding hydrogens is 261 g/mol. The Morgan fingerprint density at radius 2 is 2.15 bits per heavy atom. The summed E-state index contributed by atoms with van der Waals surface area (Å²) in [6, 6.07) is 4.94. The summed E-state index contributed by atoms with van der Waals surface area (Å²) >= 11 is 0. The zero-order valence-corrected chi connectivity index (χ0v) is 11.3. The number of hydrogen-bond acceptors (Lipinski definition) is 2. The van der Waals surface area contributed by atoms with Crippen LogP contribution in [-0.4, -0.2) is 23.0 Å². The third-order valence-electron chi connectivity index (χ3n) is 3.62. The number of aliphatic carboxylic acids is 1. The number of halogens is 1. The second-order valence-electron chi connectivity index (χ2n) is 5.36. The van der Waals surface area contributed by atoms with Gasteiger partial charge in [-0.05, 0) is 37.0 Å². The third kappa shape index (κ3) is 3.79. The fourth-order valence-electron chi connectivity index (χ4n) is 2.13. The van der Waals surface area contributed by atoms with E-state index < -0.39 is 23.7 Å². The molecule has 0 spiro atoms. The Bertz CT molecular complexity index is 514. The molecule has 2 atom stereocenters. The lowest BCUT2D eigenvalue weighted by Crippen LogP contribution is -2.42. The first kappa shape index (κ1) is 14.5. The van der Waals surface area contributed by atoms with E-state index in [9.17, 15) is 14.0 Å². The number of rotatable bonds is 6. The number of amides is 1. The van der Waals surface area contributed by atoms with Crippen molar-refractivity contribution in [2.24, 2.45) is 5.92 Å². The van der Waals surface area contributed by atoms with Crippen molar-refractivity contribution in [2.45, 2.75) is 38.1 Å². The lowest BCUT2D eigenvalue weighted by molar-refractivity contribution is -0.142. The van der Waals surface area contributed by atoms with Crippen LogP contribution in [0.3, 0.4) is 0 Å². The largest absolute Gasteiger partial charge is 0.480 e. The molecule has 5 heteroatoms. The normalized spacial score (nSPS) is 17.3. The van der Waals surface area contributed by atoms with Crippen LogP contribution in [0.15, 0.2) is 24.3 Å². The van der Waals surface area contributed by atoms with Gasteiger partial charge in [-0.2, -0.15) is 0 Å². The Hall–Kier alpha value is -1.91. The highest BCUT2D eigenvalue weighted by Crippen LogP contribution is 2.33. The molecule has 0 bridgehead atoms. The molecule has 1 fully saturated rings. The number of carboxylic acid groups (broad SMARTS) is 1. The molecular formula is C15H18FNO3. The summed E-state index contributed by atoms with van der Waals surface area (Å²) in [4.78, 5) is 23.2. The van der Waals surface area contributed by atoms with Gasteiger partial charge in [0.05, 0.1) is 5.92 Å². The quantitative estimate of drug-likeness (QED) is 0.839. The van der Waals surface area contributed by atoms with Gasteiger partial charge in [0, 0.05) is 0 Å². The van der Waals surface area contributed by atoms with E-state index in [4.69, 9.17) is 5.11 Å². The molecule has 0 aliphatic heterocycles. The smallest absolute Gasteiger partial charge is 0.326 e. The van der Waals surface area contributed by atoms with E-state index in [-0.39, 0.29) is 5.91 Å². The summed E-state index contributed by atoms with van der Waals surface area (Å²) in [5.41, 5.74) is 0.540. The number of carbonyl (C=O) groups excluding carboxylic acids is 1. The second kappa shape index (κ2) is 6.03. The van der Waals surface area contributed by atoms with Crippen LogP contribution in [0.2, 0.25) is 0 Å². The molecule has 0 saturated heterocycles. The molecule has 1 aromatic rings. The highest BCUT2D eigenvalue weighted by molar-refractivity contribution is 5.87. The topological polar surface area (TPSA) is 66.4 Å². The molecule has 1 saturated carbocycles. The fraction of sp³-hybridized carbons (Fsp3) is 0.467. The first-order valence-electron chi connectivity index (χ1n) is 6.76. The summed E-state index contributed by atoms with van der Waals surface area (Å²) in [6.45, 7) is 1.64. The third-order valence-corrected chi connectivity index (χ3v) is 3.62. The van der Waals surface area contributed by atoms with Crippen LogP contribution < -0.4 is 5.32 Å². The molecule has 108 valence electrons. The number of benzene rings is 1. The van der Waals surface area contributed by atoms with E-state index in [0.29, 0.717) is 17.9 Å². The van der Waals surface area contributed by atoms with Crippen LogP contribution in [0, 0.1) is 11.7 Å². The summed E-state index contributed by atoms with van der Waals surface area (Å²) in [7, 11) is 0. The van der Waals surface area contributed by atoms with Crippen molar-refractivity contribution in [1.29, 1.82) is 0 Å². The van der Waals surface area contributed by atoms with Gasteiger partial charge in [0.2, 0.25) is 5.91 Å². The van der Waals surface area contributed by atoms with Crippen molar-refractivity contribution in [3.8, 4) is 0 Å². The molecule has 0 radical (unpaired) electrons. The predicted molar refractivity (Wildman–Crippen MR) is 71.7 cm³/mol. The minimum Gasteiger partial charge on any atom is -0.480 e. The van der Waals surface area contributed by atoms with Crippen LogP contribution in [0.25, 0.3) is 0 Å². The van der Waals surface area contributed by atoms with Gasteiger partial charge < -0.3 is 10.4 Å². The number of nitrogens with one attached hydrogen (secondary N) is 1. The second-order valence-corrected chi connectivity index (χ2v) is 5.36. The van der Waals surface area contributed by atoms with Crippen LogP contribution >= 0.6 is 0 Å². The molecule has 0 heterocycles. The van der Waals surface area contributed by atoms with Crippen molar-refractivity contribution in [1.82, 2.24) is 5.32 Å². The van der Waals surface area contributed by atoms with Gasteiger partial charge in [0.25, 0.3) is 0 Å². The fourth-order valence-corrected chi connectivity index (χ4v) is 2.13. The van der Waals surface area contributed by atoms with Crippen LogP contribution in [0.5, 0.6) is 0 Å². The zero-order chi connectivity index (χ0) is 14.7. The van der Waals surface area contributed by atoms with Crippen LogP contribution in [0.1, 0.15) is 37.7 Å². The van der Waals surface area contributed by atoms with Gasteiger partial charge in [-0.15, -0.1) is 0 Å². The molecule has 4 nitrogen and oxygen atoms in total. The molecule has 2 N–H and O–H groups in total. The monoisotopic (exact) mass is 279 g/mol. The molecule has 1 aliphatic carbocycles. The summed E-state index contributed by atoms with van der Waals surface area (Å²) in [6.07, 6.45) is 2.52. The highest BCUT2D eigenvalue weighted by atomic mass is 19.1. The van der Waals surface area contributed by atoms with Gasteiger partial charge in [0.1, 0.15) is 11.9 Å². The van der Waals surface area contributed by atoms with Crippen molar-refractivity contribution >= 4 is 11.9 Å². The number of carbonyl (C=O) groups is 2. The SMILES string of the molecule is CC(C(=O)NC(CC1CC1)C(=O)O)c1cccc(F)c1. The molecule has 0 aromatic heterocycles. The van der Waals surface area contributed by atoms with Crippen molar-refractivity contribution < 1.29 is 19.1 Å².